The number of hydrogen-bond acceptors (Lipinski definition) is 5. The first-order valence-electron chi connectivity index (χ1n) is 8.90. The Morgan fingerprint density at radius 2 is 2.12 bits per heavy atom. The fraction of sp³-hybridized carbons (Fsp3) is 0.611. The van der Waals surface area contributed by atoms with Crippen molar-refractivity contribution in [3.8, 4) is 0 Å². The first-order valence-corrected chi connectivity index (χ1v) is 8.90. The van der Waals surface area contributed by atoms with E-state index in [4.69, 9.17) is 0 Å². The molecule has 1 aliphatic heterocycles. The van der Waals surface area contributed by atoms with E-state index in [0.717, 1.165) is 25.9 Å². The van der Waals surface area contributed by atoms with Crippen LogP contribution in [0.2, 0.25) is 0 Å². The SMILES string of the molecule is CCc1ncnc(N(C)C[C@@H]2CCCN(C)[C@H]2c2cnn(C)c2)c1F. The summed E-state index contributed by atoms with van der Waals surface area (Å²) in [6, 6.07) is 0.292. The average molecular weight is 346 g/mol. The summed E-state index contributed by atoms with van der Waals surface area (Å²) in [5, 5.41) is 4.33. The van der Waals surface area contributed by atoms with E-state index in [-0.39, 0.29) is 5.82 Å². The van der Waals surface area contributed by atoms with Crippen molar-refractivity contribution in [2.45, 2.75) is 32.2 Å². The van der Waals surface area contributed by atoms with Crippen LogP contribution in [-0.4, -0.2) is 51.8 Å². The Morgan fingerprint density at radius 3 is 2.80 bits per heavy atom. The first kappa shape index (κ1) is 17.8. The van der Waals surface area contributed by atoms with Crippen molar-refractivity contribution >= 4 is 5.82 Å². The number of aromatic nitrogens is 4. The van der Waals surface area contributed by atoms with Gasteiger partial charge in [0.25, 0.3) is 0 Å². The van der Waals surface area contributed by atoms with E-state index in [1.807, 2.05) is 36.8 Å². The number of rotatable bonds is 5. The van der Waals surface area contributed by atoms with Gasteiger partial charge >= 0.3 is 0 Å². The highest BCUT2D eigenvalue weighted by molar-refractivity contribution is 5.40. The predicted molar refractivity (Wildman–Crippen MR) is 95.9 cm³/mol. The van der Waals surface area contributed by atoms with Gasteiger partial charge in [0.1, 0.15) is 6.33 Å². The lowest BCUT2D eigenvalue weighted by atomic mass is 9.85. The van der Waals surface area contributed by atoms with Crippen molar-refractivity contribution in [3.63, 3.8) is 0 Å². The summed E-state index contributed by atoms with van der Waals surface area (Å²) in [4.78, 5) is 12.5. The predicted octanol–water partition coefficient (Wildman–Crippen LogP) is 2.43. The van der Waals surface area contributed by atoms with Crippen LogP contribution in [0.3, 0.4) is 0 Å². The lowest BCUT2D eigenvalue weighted by molar-refractivity contribution is 0.124. The van der Waals surface area contributed by atoms with Gasteiger partial charge in [0.2, 0.25) is 0 Å². The van der Waals surface area contributed by atoms with E-state index in [1.54, 1.807) is 0 Å². The minimum Gasteiger partial charge on any atom is -0.357 e. The summed E-state index contributed by atoms with van der Waals surface area (Å²) >= 11 is 0. The lowest BCUT2D eigenvalue weighted by Crippen LogP contribution is -2.41. The molecule has 0 N–H and O–H groups in total. The van der Waals surface area contributed by atoms with Crippen molar-refractivity contribution in [1.29, 1.82) is 0 Å². The van der Waals surface area contributed by atoms with E-state index in [0.29, 0.717) is 29.9 Å². The van der Waals surface area contributed by atoms with Crippen LogP contribution in [0.15, 0.2) is 18.7 Å². The summed E-state index contributed by atoms with van der Waals surface area (Å²) in [6.07, 6.45) is 8.32. The summed E-state index contributed by atoms with van der Waals surface area (Å²) in [7, 11) is 6.01. The molecule has 1 aliphatic rings. The third-order valence-electron chi connectivity index (χ3n) is 5.12. The smallest absolute Gasteiger partial charge is 0.187 e. The molecule has 3 heterocycles. The molecule has 2 aromatic rings. The van der Waals surface area contributed by atoms with Crippen LogP contribution in [0.4, 0.5) is 10.2 Å². The van der Waals surface area contributed by atoms with Crippen LogP contribution in [0, 0.1) is 11.7 Å². The Hall–Kier alpha value is -2.02. The van der Waals surface area contributed by atoms with Gasteiger partial charge in [-0.2, -0.15) is 5.10 Å². The molecular formula is C18H27FN6. The zero-order valence-electron chi connectivity index (χ0n) is 15.5. The monoisotopic (exact) mass is 346 g/mol. The molecule has 0 spiro atoms. The van der Waals surface area contributed by atoms with Crippen LogP contribution in [-0.2, 0) is 13.5 Å². The van der Waals surface area contributed by atoms with E-state index in [9.17, 15) is 4.39 Å². The van der Waals surface area contributed by atoms with Gasteiger partial charge < -0.3 is 4.90 Å². The van der Waals surface area contributed by atoms with Crippen LogP contribution in [0.25, 0.3) is 0 Å². The molecular weight excluding hydrogens is 319 g/mol. The molecule has 2 aromatic heterocycles. The second-order valence-electron chi connectivity index (χ2n) is 6.97. The van der Waals surface area contributed by atoms with Crippen molar-refractivity contribution in [2.75, 3.05) is 32.1 Å². The molecule has 7 heteroatoms. The fourth-order valence-electron chi connectivity index (χ4n) is 3.92. The molecule has 1 saturated heterocycles. The van der Waals surface area contributed by atoms with Gasteiger partial charge in [-0.3, -0.25) is 9.58 Å². The molecule has 136 valence electrons. The molecule has 3 rings (SSSR count). The molecule has 0 aliphatic carbocycles. The zero-order chi connectivity index (χ0) is 18.0. The number of anilines is 1. The summed E-state index contributed by atoms with van der Waals surface area (Å²) < 4.78 is 16.4. The molecule has 1 fully saturated rings. The van der Waals surface area contributed by atoms with E-state index >= 15 is 0 Å². The van der Waals surface area contributed by atoms with Crippen LogP contribution >= 0.6 is 0 Å². The average Bonchev–Trinajstić information content (AvgIpc) is 3.01. The van der Waals surface area contributed by atoms with E-state index < -0.39 is 0 Å². The van der Waals surface area contributed by atoms with Gasteiger partial charge in [0.05, 0.1) is 11.9 Å². The molecule has 2 atom stereocenters. The Bertz CT molecular complexity index is 715. The van der Waals surface area contributed by atoms with Gasteiger partial charge in [0.15, 0.2) is 11.6 Å². The minimum atomic E-state index is -0.297. The number of hydrogen-bond donors (Lipinski definition) is 0. The molecule has 0 amide bonds. The third kappa shape index (κ3) is 3.66. The second-order valence-corrected chi connectivity index (χ2v) is 6.97. The Morgan fingerprint density at radius 1 is 1.32 bits per heavy atom. The normalized spacial score (nSPS) is 21.5. The van der Waals surface area contributed by atoms with Crippen molar-refractivity contribution in [3.05, 3.63) is 35.8 Å². The maximum atomic E-state index is 14.6. The minimum absolute atomic E-state index is 0.292. The van der Waals surface area contributed by atoms with Crippen molar-refractivity contribution in [1.82, 2.24) is 24.6 Å². The fourth-order valence-corrected chi connectivity index (χ4v) is 3.92. The summed E-state index contributed by atoms with van der Waals surface area (Å²) in [5.74, 6) is 0.493. The van der Waals surface area contributed by atoms with E-state index in [2.05, 4.69) is 33.2 Å². The largest absolute Gasteiger partial charge is 0.357 e. The van der Waals surface area contributed by atoms with Gasteiger partial charge in [-0.05, 0) is 38.8 Å². The van der Waals surface area contributed by atoms with Gasteiger partial charge in [-0.1, -0.05) is 6.92 Å². The molecule has 0 radical (unpaired) electrons. The number of piperidine rings is 1. The van der Waals surface area contributed by atoms with Crippen molar-refractivity contribution in [2.24, 2.45) is 13.0 Å². The molecule has 0 bridgehead atoms. The standard InChI is InChI=1S/C18H27FN6/c1-5-15-16(19)18(21-12-20-15)24(3)10-13-7-6-8-23(2)17(13)14-9-22-25(4)11-14/h9,11-13,17H,5-8,10H2,1-4H3/t13-,17+/m0/s1. The maximum Gasteiger partial charge on any atom is 0.187 e. The molecule has 0 saturated carbocycles. The maximum absolute atomic E-state index is 14.6. The number of aryl methyl sites for hydroxylation is 2. The Labute approximate surface area is 148 Å². The molecule has 25 heavy (non-hydrogen) atoms. The zero-order valence-corrected chi connectivity index (χ0v) is 15.5. The highest BCUT2D eigenvalue weighted by Gasteiger charge is 2.32. The molecule has 0 unspecified atom stereocenters. The molecule has 0 aromatic carbocycles. The number of halogens is 1. The van der Waals surface area contributed by atoms with Crippen LogP contribution in [0.1, 0.15) is 37.1 Å². The number of likely N-dealkylation sites (tertiary alicyclic amines) is 1. The topological polar surface area (TPSA) is 50.1 Å². The van der Waals surface area contributed by atoms with Gasteiger partial charge in [-0.15, -0.1) is 0 Å². The molecule has 6 nitrogen and oxygen atoms in total. The summed E-state index contributed by atoms with van der Waals surface area (Å²) in [6.45, 7) is 3.73. The van der Waals surface area contributed by atoms with E-state index in [1.165, 1.54) is 11.9 Å². The number of nitrogens with zero attached hydrogens (tertiary/aromatic N) is 6. The third-order valence-corrected chi connectivity index (χ3v) is 5.12. The quantitative estimate of drug-likeness (QED) is 0.832. The van der Waals surface area contributed by atoms with Crippen LogP contribution < -0.4 is 4.90 Å². The second kappa shape index (κ2) is 7.47. The highest BCUT2D eigenvalue weighted by atomic mass is 19.1. The first-order chi connectivity index (χ1) is 12.0. The van der Waals surface area contributed by atoms with Gasteiger partial charge in [-0.25, -0.2) is 14.4 Å². The van der Waals surface area contributed by atoms with Crippen molar-refractivity contribution < 1.29 is 4.39 Å². The highest BCUT2D eigenvalue weighted by Crippen LogP contribution is 2.36. The lowest BCUT2D eigenvalue weighted by Gasteiger charge is -2.40. The van der Waals surface area contributed by atoms with Crippen LogP contribution in [0.5, 0.6) is 0 Å². The Kier molecular flexibility index (Phi) is 5.32. The summed E-state index contributed by atoms with van der Waals surface area (Å²) in [5.41, 5.74) is 1.70. The van der Waals surface area contributed by atoms with Gasteiger partial charge in [0, 0.05) is 38.4 Å². The Balaban J connectivity index is 1.82.